The van der Waals surface area contributed by atoms with Gasteiger partial charge < -0.3 is 0 Å². The summed E-state index contributed by atoms with van der Waals surface area (Å²) in [7, 11) is 0. The van der Waals surface area contributed by atoms with Crippen molar-refractivity contribution < 1.29 is 0 Å². The number of hydrazine groups is 1. The first-order valence-corrected chi connectivity index (χ1v) is 6.67. The van der Waals surface area contributed by atoms with E-state index < -0.39 is 0 Å². The van der Waals surface area contributed by atoms with Crippen molar-refractivity contribution in [2.45, 2.75) is 13.0 Å². The van der Waals surface area contributed by atoms with Gasteiger partial charge in [0, 0.05) is 9.75 Å². The molecule has 1 unspecified atom stereocenters. The Bertz CT molecular complexity index is 525. The van der Waals surface area contributed by atoms with Crippen LogP contribution in [0.15, 0.2) is 30.3 Å². The van der Waals surface area contributed by atoms with E-state index in [1.165, 1.54) is 4.88 Å². The molecule has 0 aliphatic heterocycles. The van der Waals surface area contributed by atoms with Gasteiger partial charge >= 0.3 is 0 Å². The highest BCUT2D eigenvalue weighted by Gasteiger charge is 2.18. The first kappa shape index (κ1) is 12.9. The molecule has 1 atom stereocenters. The van der Waals surface area contributed by atoms with Gasteiger partial charge in [0.2, 0.25) is 0 Å². The third-order valence-electron chi connectivity index (χ3n) is 2.50. The third kappa shape index (κ3) is 2.64. The number of halogens is 2. The Morgan fingerprint density at radius 3 is 2.59 bits per heavy atom. The van der Waals surface area contributed by atoms with Gasteiger partial charge in [0.05, 0.1) is 16.1 Å². The normalized spacial score (nSPS) is 12.7. The number of nitrogens with one attached hydrogen (secondary N) is 1. The second kappa shape index (κ2) is 5.38. The van der Waals surface area contributed by atoms with Gasteiger partial charge in [-0.2, -0.15) is 0 Å². The molecule has 2 rings (SSSR count). The van der Waals surface area contributed by atoms with Crippen molar-refractivity contribution in [3.63, 3.8) is 0 Å². The summed E-state index contributed by atoms with van der Waals surface area (Å²) < 4.78 is 0. The lowest BCUT2D eigenvalue weighted by molar-refractivity contribution is 0.647. The lowest BCUT2D eigenvalue weighted by atomic mass is 10.1. The van der Waals surface area contributed by atoms with Crippen LogP contribution in [0.5, 0.6) is 0 Å². The summed E-state index contributed by atoms with van der Waals surface area (Å²) in [6, 6.07) is 9.53. The molecule has 0 bridgehead atoms. The fourth-order valence-corrected chi connectivity index (χ4v) is 3.05. The van der Waals surface area contributed by atoms with Gasteiger partial charge in [-0.25, -0.2) is 5.43 Å². The quantitative estimate of drug-likeness (QED) is 0.663. The van der Waals surface area contributed by atoms with Crippen LogP contribution in [-0.2, 0) is 0 Å². The lowest BCUT2D eigenvalue weighted by Crippen LogP contribution is -2.28. The predicted molar refractivity (Wildman–Crippen MR) is 74.7 cm³/mol. The van der Waals surface area contributed by atoms with E-state index in [2.05, 4.69) is 18.4 Å². The number of benzene rings is 1. The number of hydrogen-bond donors (Lipinski definition) is 2. The molecule has 0 amide bonds. The molecule has 0 fully saturated rings. The first-order valence-electron chi connectivity index (χ1n) is 5.10. The van der Waals surface area contributed by atoms with Crippen LogP contribution in [-0.4, -0.2) is 0 Å². The zero-order valence-electron chi connectivity index (χ0n) is 9.21. The standard InChI is InChI=1S/C12H12Cl2N2S/c1-7-5-6-10(17-7)12(16-15)8-3-2-4-9(13)11(8)14/h2-6,12,16H,15H2,1H3. The Kier molecular flexibility index (Phi) is 4.07. The zero-order valence-corrected chi connectivity index (χ0v) is 11.5. The predicted octanol–water partition coefficient (Wildman–Crippen LogP) is 3.92. The van der Waals surface area contributed by atoms with Crippen molar-refractivity contribution in [2.24, 2.45) is 5.84 Å². The molecule has 1 aromatic heterocycles. The van der Waals surface area contributed by atoms with E-state index in [1.807, 2.05) is 18.2 Å². The summed E-state index contributed by atoms with van der Waals surface area (Å²) in [6.07, 6.45) is 0. The van der Waals surface area contributed by atoms with Crippen molar-refractivity contribution in [1.29, 1.82) is 0 Å². The number of aryl methyl sites for hydroxylation is 1. The van der Waals surface area contributed by atoms with E-state index in [4.69, 9.17) is 29.0 Å². The number of nitrogens with two attached hydrogens (primary N) is 1. The molecule has 1 heterocycles. The van der Waals surface area contributed by atoms with Gasteiger partial charge in [-0.05, 0) is 30.7 Å². The molecule has 0 aliphatic carbocycles. The molecule has 0 spiro atoms. The summed E-state index contributed by atoms with van der Waals surface area (Å²) in [5.41, 5.74) is 3.68. The van der Waals surface area contributed by atoms with Gasteiger partial charge in [-0.1, -0.05) is 35.3 Å². The van der Waals surface area contributed by atoms with Crippen LogP contribution in [0.4, 0.5) is 0 Å². The second-order valence-corrected chi connectivity index (χ2v) is 5.80. The Balaban J connectivity index is 2.45. The molecule has 2 aromatic rings. The van der Waals surface area contributed by atoms with Crippen LogP contribution < -0.4 is 11.3 Å². The molecule has 2 nitrogen and oxygen atoms in total. The molecule has 0 radical (unpaired) electrons. The number of hydrogen-bond acceptors (Lipinski definition) is 3. The van der Waals surface area contributed by atoms with Gasteiger partial charge in [0.25, 0.3) is 0 Å². The van der Waals surface area contributed by atoms with Gasteiger partial charge in [-0.15, -0.1) is 11.3 Å². The molecule has 90 valence electrons. The number of rotatable bonds is 3. The SMILES string of the molecule is Cc1ccc(C(NN)c2cccc(Cl)c2Cl)s1. The average molecular weight is 287 g/mol. The average Bonchev–Trinajstić information content (AvgIpc) is 2.72. The van der Waals surface area contributed by atoms with Crippen molar-refractivity contribution in [3.05, 3.63) is 55.7 Å². The van der Waals surface area contributed by atoms with Crippen LogP contribution in [0.25, 0.3) is 0 Å². The van der Waals surface area contributed by atoms with E-state index in [0.29, 0.717) is 10.0 Å². The highest BCUT2D eigenvalue weighted by atomic mass is 35.5. The van der Waals surface area contributed by atoms with E-state index in [9.17, 15) is 0 Å². The molecule has 3 N–H and O–H groups in total. The summed E-state index contributed by atoms with van der Waals surface area (Å²) in [6.45, 7) is 2.06. The minimum atomic E-state index is -0.125. The van der Waals surface area contributed by atoms with Crippen molar-refractivity contribution >= 4 is 34.5 Å². The molecule has 0 saturated carbocycles. The maximum absolute atomic E-state index is 6.20. The second-order valence-electron chi connectivity index (χ2n) is 3.69. The van der Waals surface area contributed by atoms with Crippen LogP contribution in [0.2, 0.25) is 10.0 Å². The molecular weight excluding hydrogens is 275 g/mol. The third-order valence-corrected chi connectivity index (χ3v) is 4.40. The maximum atomic E-state index is 6.20. The monoisotopic (exact) mass is 286 g/mol. The molecule has 0 saturated heterocycles. The minimum absolute atomic E-state index is 0.125. The first-order chi connectivity index (χ1) is 8.13. The highest BCUT2D eigenvalue weighted by molar-refractivity contribution is 7.12. The molecule has 1 aromatic carbocycles. The smallest absolute Gasteiger partial charge is 0.0817 e. The fraction of sp³-hybridized carbons (Fsp3) is 0.167. The topological polar surface area (TPSA) is 38.0 Å². The lowest BCUT2D eigenvalue weighted by Gasteiger charge is -2.16. The van der Waals surface area contributed by atoms with Gasteiger partial charge in [0.15, 0.2) is 0 Å². The van der Waals surface area contributed by atoms with Crippen LogP contribution in [0.3, 0.4) is 0 Å². The summed E-state index contributed by atoms with van der Waals surface area (Å²) >= 11 is 13.9. The van der Waals surface area contributed by atoms with Crippen molar-refractivity contribution in [2.75, 3.05) is 0 Å². The highest BCUT2D eigenvalue weighted by Crippen LogP contribution is 2.35. The summed E-state index contributed by atoms with van der Waals surface area (Å²) in [5.74, 6) is 5.62. The maximum Gasteiger partial charge on any atom is 0.0817 e. The molecule has 17 heavy (non-hydrogen) atoms. The van der Waals surface area contributed by atoms with Crippen LogP contribution >= 0.6 is 34.5 Å². The molecule has 0 aliphatic rings. The fourth-order valence-electron chi connectivity index (χ4n) is 1.68. The number of thiophene rings is 1. The van der Waals surface area contributed by atoms with Gasteiger partial charge in [0.1, 0.15) is 0 Å². The molecule has 5 heteroatoms. The van der Waals surface area contributed by atoms with Gasteiger partial charge in [-0.3, -0.25) is 5.84 Å². The Hall–Kier alpha value is -0.580. The minimum Gasteiger partial charge on any atom is -0.271 e. The Morgan fingerprint density at radius 1 is 1.24 bits per heavy atom. The van der Waals surface area contributed by atoms with E-state index in [1.54, 1.807) is 17.4 Å². The summed E-state index contributed by atoms with van der Waals surface area (Å²) in [5, 5.41) is 1.08. The van der Waals surface area contributed by atoms with Crippen LogP contribution in [0, 0.1) is 6.92 Å². The molecular formula is C12H12Cl2N2S. The summed E-state index contributed by atoms with van der Waals surface area (Å²) in [4.78, 5) is 2.35. The van der Waals surface area contributed by atoms with E-state index in [-0.39, 0.29) is 6.04 Å². The van der Waals surface area contributed by atoms with E-state index >= 15 is 0 Å². The Labute approximate surface area is 114 Å². The largest absolute Gasteiger partial charge is 0.271 e. The van der Waals surface area contributed by atoms with Crippen molar-refractivity contribution in [3.8, 4) is 0 Å². The zero-order chi connectivity index (χ0) is 12.4. The van der Waals surface area contributed by atoms with Crippen molar-refractivity contribution in [1.82, 2.24) is 5.43 Å². The van der Waals surface area contributed by atoms with Crippen LogP contribution in [0.1, 0.15) is 21.4 Å². The van der Waals surface area contributed by atoms with E-state index in [0.717, 1.165) is 10.4 Å². The Morgan fingerprint density at radius 2 is 2.00 bits per heavy atom.